The summed E-state index contributed by atoms with van der Waals surface area (Å²) in [4.78, 5) is 14.1. The van der Waals surface area contributed by atoms with Crippen LogP contribution in [0.5, 0.6) is 0 Å². The van der Waals surface area contributed by atoms with Crippen LogP contribution in [0.4, 0.5) is 0 Å². The summed E-state index contributed by atoms with van der Waals surface area (Å²) >= 11 is 1.37. The highest BCUT2D eigenvalue weighted by atomic mass is 32.1. The molecule has 1 aromatic heterocycles. The lowest BCUT2D eigenvalue weighted by Crippen LogP contribution is -2.41. The molecule has 1 amide bonds. The van der Waals surface area contributed by atoms with Crippen LogP contribution >= 0.6 is 11.3 Å². The van der Waals surface area contributed by atoms with Gasteiger partial charge in [0.2, 0.25) is 5.01 Å². The van der Waals surface area contributed by atoms with Gasteiger partial charge in [-0.05, 0) is 38.5 Å². The van der Waals surface area contributed by atoms with Crippen molar-refractivity contribution in [3.05, 3.63) is 10.0 Å². The molecule has 2 aliphatic rings. The molecule has 0 N–H and O–H groups in total. The molecule has 0 spiro atoms. The number of hydrogen-bond acceptors (Lipinski definition) is 5. The number of hydrogen-bond donors (Lipinski definition) is 0. The standard InChI is InChI=1S/C13H19N3O2S/c1-9-14-15-12(19-9)13(17)16-6-4-11(5-7-16)18-8-10-2-3-10/h10-11H,2-8H2,1H3. The largest absolute Gasteiger partial charge is 0.378 e. The average Bonchev–Trinajstić information content (AvgIpc) is 3.17. The van der Waals surface area contributed by atoms with E-state index >= 15 is 0 Å². The van der Waals surface area contributed by atoms with Crippen molar-refractivity contribution < 1.29 is 9.53 Å². The molecule has 0 unspecified atom stereocenters. The molecule has 1 aliphatic carbocycles. The molecule has 19 heavy (non-hydrogen) atoms. The van der Waals surface area contributed by atoms with E-state index in [-0.39, 0.29) is 5.91 Å². The number of aromatic nitrogens is 2. The van der Waals surface area contributed by atoms with Crippen molar-refractivity contribution in [3.63, 3.8) is 0 Å². The first-order chi connectivity index (χ1) is 9.22. The van der Waals surface area contributed by atoms with Crippen LogP contribution in [-0.4, -0.2) is 46.8 Å². The predicted octanol–water partition coefficient (Wildman–Crippen LogP) is 1.88. The van der Waals surface area contributed by atoms with Gasteiger partial charge in [-0.1, -0.05) is 11.3 Å². The third kappa shape index (κ3) is 3.30. The van der Waals surface area contributed by atoms with Crippen molar-refractivity contribution in [2.75, 3.05) is 19.7 Å². The second-order valence-corrected chi connectivity index (χ2v) is 6.58. The van der Waals surface area contributed by atoms with E-state index in [1.807, 2.05) is 11.8 Å². The zero-order valence-corrected chi connectivity index (χ0v) is 12.0. The van der Waals surface area contributed by atoms with E-state index in [4.69, 9.17) is 4.74 Å². The highest BCUT2D eigenvalue weighted by Gasteiger charge is 2.28. The lowest BCUT2D eigenvalue weighted by molar-refractivity contribution is 0.00409. The van der Waals surface area contributed by atoms with Gasteiger partial charge in [-0.2, -0.15) is 0 Å². The lowest BCUT2D eigenvalue weighted by atomic mass is 10.1. The monoisotopic (exact) mass is 281 g/mol. The molecular formula is C13H19N3O2S. The second-order valence-electron chi connectivity index (χ2n) is 5.39. The summed E-state index contributed by atoms with van der Waals surface area (Å²) < 4.78 is 5.88. The number of amides is 1. The van der Waals surface area contributed by atoms with Crippen molar-refractivity contribution in [1.29, 1.82) is 0 Å². The Hall–Kier alpha value is -1.01. The highest BCUT2D eigenvalue weighted by molar-refractivity contribution is 7.13. The van der Waals surface area contributed by atoms with Gasteiger partial charge in [0.15, 0.2) is 0 Å². The molecule has 1 aromatic rings. The first kappa shape index (κ1) is 13.0. The Kier molecular flexibility index (Phi) is 3.79. The summed E-state index contributed by atoms with van der Waals surface area (Å²) in [6, 6.07) is 0. The summed E-state index contributed by atoms with van der Waals surface area (Å²) in [5.74, 6) is 0.829. The number of nitrogens with zero attached hydrogens (tertiary/aromatic N) is 3. The molecule has 6 heteroatoms. The Morgan fingerprint density at radius 1 is 1.32 bits per heavy atom. The Balaban J connectivity index is 1.47. The number of likely N-dealkylation sites (tertiary alicyclic amines) is 1. The minimum atomic E-state index is 0.0197. The van der Waals surface area contributed by atoms with Crippen LogP contribution in [0.15, 0.2) is 0 Å². The number of piperidine rings is 1. The van der Waals surface area contributed by atoms with E-state index in [2.05, 4.69) is 10.2 Å². The van der Waals surface area contributed by atoms with Crippen LogP contribution in [0, 0.1) is 12.8 Å². The van der Waals surface area contributed by atoms with Crippen LogP contribution < -0.4 is 0 Å². The van der Waals surface area contributed by atoms with E-state index in [0.717, 1.165) is 43.5 Å². The van der Waals surface area contributed by atoms with E-state index in [1.54, 1.807) is 0 Å². The molecule has 5 nitrogen and oxygen atoms in total. The Morgan fingerprint density at radius 2 is 2.05 bits per heavy atom. The minimum Gasteiger partial charge on any atom is -0.378 e. The second kappa shape index (κ2) is 5.54. The SMILES string of the molecule is Cc1nnc(C(=O)N2CCC(OCC3CC3)CC2)s1. The lowest BCUT2D eigenvalue weighted by Gasteiger charge is -2.31. The number of carbonyl (C=O) groups is 1. The maximum absolute atomic E-state index is 12.2. The van der Waals surface area contributed by atoms with Crippen molar-refractivity contribution in [3.8, 4) is 0 Å². The van der Waals surface area contributed by atoms with Crippen LogP contribution in [-0.2, 0) is 4.74 Å². The van der Waals surface area contributed by atoms with Crippen molar-refractivity contribution in [2.24, 2.45) is 5.92 Å². The molecule has 1 saturated carbocycles. The van der Waals surface area contributed by atoms with Crippen molar-refractivity contribution in [2.45, 2.75) is 38.7 Å². The molecule has 3 rings (SSSR count). The first-order valence-electron chi connectivity index (χ1n) is 6.93. The summed E-state index contributed by atoms with van der Waals surface area (Å²) in [6.07, 6.45) is 4.87. The number of rotatable bonds is 4. The van der Waals surface area contributed by atoms with E-state index in [0.29, 0.717) is 11.1 Å². The molecule has 2 fully saturated rings. The zero-order chi connectivity index (χ0) is 13.2. The summed E-state index contributed by atoms with van der Waals surface area (Å²) in [7, 11) is 0. The molecule has 1 aliphatic heterocycles. The summed E-state index contributed by atoms with van der Waals surface area (Å²) in [6.45, 7) is 4.32. The van der Waals surface area contributed by atoms with Gasteiger partial charge in [-0.25, -0.2) is 0 Å². The summed E-state index contributed by atoms with van der Waals surface area (Å²) in [5.41, 5.74) is 0. The zero-order valence-electron chi connectivity index (χ0n) is 11.2. The third-order valence-electron chi connectivity index (χ3n) is 3.70. The molecular weight excluding hydrogens is 262 g/mol. The van der Waals surface area contributed by atoms with Gasteiger partial charge in [-0.3, -0.25) is 4.79 Å². The quantitative estimate of drug-likeness (QED) is 0.845. The van der Waals surface area contributed by atoms with Crippen LogP contribution in [0.1, 0.15) is 40.5 Å². The predicted molar refractivity (Wildman–Crippen MR) is 72.2 cm³/mol. The van der Waals surface area contributed by atoms with Gasteiger partial charge in [0.05, 0.1) is 6.10 Å². The fourth-order valence-corrected chi connectivity index (χ4v) is 2.96. The van der Waals surface area contributed by atoms with Crippen LogP contribution in [0.25, 0.3) is 0 Å². The average molecular weight is 281 g/mol. The molecule has 104 valence electrons. The maximum Gasteiger partial charge on any atom is 0.284 e. The fraction of sp³-hybridized carbons (Fsp3) is 0.769. The Morgan fingerprint density at radius 3 is 2.63 bits per heavy atom. The molecule has 0 aromatic carbocycles. The first-order valence-corrected chi connectivity index (χ1v) is 7.75. The Bertz CT molecular complexity index is 450. The van der Waals surface area contributed by atoms with Gasteiger partial charge >= 0.3 is 0 Å². The van der Waals surface area contributed by atoms with Crippen LogP contribution in [0.3, 0.4) is 0 Å². The molecule has 0 bridgehead atoms. The number of carbonyl (C=O) groups excluding carboxylic acids is 1. The molecule has 2 heterocycles. The van der Waals surface area contributed by atoms with Gasteiger partial charge in [-0.15, -0.1) is 10.2 Å². The number of ether oxygens (including phenoxy) is 1. The van der Waals surface area contributed by atoms with Gasteiger partial charge in [0, 0.05) is 19.7 Å². The van der Waals surface area contributed by atoms with E-state index in [9.17, 15) is 4.79 Å². The topological polar surface area (TPSA) is 55.3 Å². The molecule has 0 atom stereocenters. The molecule has 0 radical (unpaired) electrons. The van der Waals surface area contributed by atoms with Gasteiger partial charge in [0.25, 0.3) is 5.91 Å². The van der Waals surface area contributed by atoms with Crippen molar-refractivity contribution >= 4 is 17.2 Å². The smallest absolute Gasteiger partial charge is 0.284 e. The van der Waals surface area contributed by atoms with Crippen LogP contribution in [0.2, 0.25) is 0 Å². The third-order valence-corrected chi connectivity index (χ3v) is 4.53. The highest BCUT2D eigenvalue weighted by Crippen LogP contribution is 2.30. The number of aryl methyl sites for hydroxylation is 1. The minimum absolute atomic E-state index is 0.0197. The van der Waals surface area contributed by atoms with E-state index in [1.165, 1.54) is 24.2 Å². The Labute approximate surface area is 117 Å². The van der Waals surface area contributed by atoms with Crippen molar-refractivity contribution in [1.82, 2.24) is 15.1 Å². The summed E-state index contributed by atoms with van der Waals surface area (Å²) in [5, 5.41) is 9.17. The van der Waals surface area contributed by atoms with E-state index < -0.39 is 0 Å². The van der Waals surface area contributed by atoms with Gasteiger partial charge in [0.1, 0.15) is 5.01 Å². The normalized spacial score (nSPS) is 20.8. The fourth-order valence-electron chi connectivity index (χ4n) is 2.30. The molecule has 1 saturated heterocycles. The van der Waals surface area contributed by atoms with Gasteiger partial charge < -0.3 is 9.64 Å². The maximum atomic E-state index is 12.2.